The number of rotatable bonds is 4. The number of carbonyl (C=O) groups excluding carboxylic acids is 3. The zero-order valence-corrected chi connectivity index (χ0v) is 22.3. The van der Waals surface area contributed by atoms with Crippen LogP contribution < -0.4 is 10.2 Å². The number of amides is 1. The van der Waals surface area contributed by atoms with E-state index in [0.717, 1.165) is 21.3 Å². The molecular formula is C33H23BrN2O3. The number of para-hydroxylation sites is 2. The molecule has 3 aliphatic rings. The number of hydrogen-bond donors (Lipinski definition) is 1. The van der Waals surface area contributed by atoms with Gasteiger partial charge in [0.2, 0.25) is 5.91 Å². The monoisotopic (exact) mass is 574 g/mol. The molecule has 7 rings (SSSR count). The summed E-state index contributed by atoms with van der Waals surface area (Å²) in [5, 5.41) is 3.06. The molecule has 190 valence electrons. The fourth-order valence-corrected chi connectivity index (χ4v) is 6.95. The van der Waals surface area contributed by atoms with Gasteiger partial charge in [0.1, 0.15) is 11.5 Å². The fraction of sp³-hybridized carbons (Fsp3) is 0.121. The van der Waals surface area contributed by atoms with Crippen molar-refractivity contribution >= 4 is 50.9 Å². The van der Waals surface area contributed by atoms with Crippen LogP contribution in [-0.4, -0.2) is 29.6 Å². The van der Waals surface area contributed by atoms with Gasteiger partial charge in [-0.3, -0.25) is 14.4 Å². The molecule has 0 saturated carbocycles. The maximum Gasteiger partial charge on any atom is 0.238 e. The molecule has 1 amide bonds. The molecule has 0 aliphatic carbocycles. The van der Waals surface area contributed by atoms with Gasteiger partial charge in [-0.1, -0.05) is 107 Å². The summed E-state index contributed by atoms with van der Waals surface area (Å²) in [4.78, 5) is 45.5. The summed E-state index contributed by atoms with van der Waals surface area (Å²) in [6.07, 6.45) is 3.99. The smallest absolute Gasteiger partial charge is 0.238 e. The average Bonchev–Trinajstić information content (AvgIpc) is 3.45. The summed E-state index contributed by atoms with van der Waals surface area (Å²) >= 11 is 3.46. The normalized spacial score (nSPS) is 24.2. The largest absolute Gasteiger partial charge is 0.352 e. The minimum Gasteiger partial charge on any atom is -0.352 e. The van der Waals surface area contributed by atoms with Gasteiger partial charge < -0.3 is 10.2 Å². The summed E-state index contributed by atoms with van der Waals surface area (Å²) in [5.41, 5.74) is 2.86. The fourth-order valence-electron chi connectivity index (χ4n) is 6.69. The van der Waals surface area contributed by atoms with Crippen LogP contribution >= 0.6 is 15.9 Å². The Bertz CT molecular complexity index is 1680. The van der Waals surface area contributed by atoms with Gasteiger partial charge in [-0.05, 0) is 35.4 Å². The number of nitrogens with zero attached hydrogens (tertiary/aromatic N) is 1. The molecule has 5 nitrogen and oxygen atoms in total. The van der Waals surface area contributed by atoms with Gasteiger partial charge in [-0.15, -0.1) is 0 Å². The zero-order chi connectivity index (χ0) is 26.7. The zero-order valence-electron chi connectivity index (χ0n) is 20.8. The number of fused-ring (bicyclic) bond motifs is 6. The molecule has 0 radical (unpaired) electrons. The molecule has 4 atom stereocenters. The lowest BCUT2D eigenvalue weighted by atomic mass is 9.64. The second-order valence-corrected chi connectivity index (χ2v) is 11.1. The van der Waals surface area contributed by atoms with E-state index in [0.29, 0.717) is 16.8 Å². The van der Waals surface area contributed by atoms with Crippen LogP contribution in [0.1, 0.15) is 31.8 Å². The molecule has 1 N–H and O–H groups in total. The van der Waals surface area contributed by atoms with Gasteiger partial charge in [-0.2, -0.15) is 0 Å². The summed E-state index contributed by atoms with van der Waals surface area (Å²) in [6.45, 7) is 0. The number of benzene rings is 4. The maximum atomic E-state index is 14.6. The summed E-state index contributed by atoms with van der Waals surface area (Å²) in [7, 11) is 0. The third-order valence-corrected chi connectivity index (χ3v) is 8.81. The summed E-state index contributed by atoms with van der Waals surface area (Å²) < 4.78 is 0.854. The lowest BCUT2D eigenvalue weighted by Crippen LogP contribution is -2.51. The number of nitrogens with one attached hydrogen (secondary N) is 1. The second-order valence-electron chi connectivity index (χ2n) is 10.2. The van der Waals surface area contributed by atoms with Crippen LogP contribution in [0.2, 0.25) is 0 Å². The lowest BCUT2D eigenvalue weighted by Gasteiger charge is -2.37. The minimum atomic E-state index is -1.30. The Hall–Kier alpha value is -4.29. The summed E-state index contributed by atoms with van der Waals surface area (Å²) in [6, 6.07) is 30.1. The highest BCUT2D eigenvalue weighted by molar-refractivity contribution is 9.10. The van der Waals surface area contributed by atoms with Crippen molar-refractivity contribution < 1.29 is 14.4 Å². The van der Waals surface area contributed by atoms with E-state index in [9.17, 15) is 14.4 Å². The first kappa shape index (κ1) is 23.8. The Balaban J connectivity index is 1.54. The molecule has 4 aromatic rings. The van der Waals surface area contributed by atoms with Crippen molar-refractivity contribution in [3.63, 3.8) is 0 Å². The van der Waals surface area contributed by atoms with Crippen LogP contribution in [0.4, 0.5) is 11.4 Å². The first-order chi connectivity index (χ1) is 19.0. The van der Waals surface area contributed by atoms with Crippen LogP contribution in [0.25, 0.3) is 6.08 Å². The molecule has 1 spiro atoms. The SMILES string of the molecule is O=C(c1ccccc1)[C@@H]1[C@H](C(=O)c2ccc(Br)cc2)N2c3ccccc3C=C[C@@H]2[C@]12C(=O)Nc1ccccc12. The standard InChI is InChI=1S/C33H23BrN2O3/c34-23-17-14-22(15-18-23)31(38)29-28(30(37)21-9-2-1-3-10-21)33(24-11-5-6-12-25(24)35-32(33)39)27-19-16-20-8-4-7-13-26(20)36(27)29/h1-19,27-29H,(H,35,39)/t27-,28+,29-,33+/m1/s1. The molecule has 0 unspecified atom stereocenters. The van der Waals surface area contributed by atoms with E-state index < -0.39 is 23.4 Å². The molecule has 4 aromatic carbocycles. The van der Waals surface area contributed by atoms with E-state index in [2.05, 4.69) is 21.2 Å². The quantitative estimate of drug-likeness (QED) is 0.290. The Kier molecular flexibility index (Phi) is 5.42. The number of Topliss-reactive ketones (excluding diaryl/α,β-unsaturated/α-hetero) is 2. The third-order valence-electron chi connectivity index (χ3n) is 8.28. The van der Waals surface area contributed by atoms with Gasteiger partial charge in [0, 0.05) is 27.0 Å². The van der Waals surface area contributed by atoms with Crippen molar-refractivity contribution in [1.82, 2.24) is 0 Å². The average molecular weight is 575 g/mol. The van der Waals surface area contributed by atoms with E-state index in [4.69, 9.17) is 0 Å². The molecule has 0 aromatic heterocycles. The Labute approximate surface area is 234 Å². The van der Waals surface area contributed by atoms with Gasteiger partial charge in [0.05, 0.1) is 12.0 Å². The molecule has 1 saturated heterocycles. The van der Waals surface area contributed by atoms with Crippen molar-refractivity contribution in [2.75, 3.05) is 10.2 Å². The van der Waals surface area contributed by atoms with E-state index in [1.807, 2.05) is 95.9 Å². The van der Waals surface area contributed by atoms with Crippen LogP contribution in [-0.2, 0) is 10.2 Å². The highest BCUT2D eigenvalue weighted by Crippen LogP contribution is 2.58. The summed E-state index contributed by atoms with van der Waals surface area (Å²) in [5.74, 6) is -1.65. The van der Waals surface area contributed by atoms with Crippen LogP contribution in [0.15, 0.2) is 114 Å². The number of halogens is 1. The van der Waals surface area contributed by atoms with Crippen LogP contribution in [0, 0.1) is 5.92 Å². The van der Waals surface area contributed by atoms with Crippen molar-refractivity contribution in [3.8, 4) is 0 Å². The first-order valence-corrected chi connectivity index (χ1v) is 13.7. The van der Waals surface area contributed by atoms with Gasteiger partial charge in [0.25, 0.3) is 0 Å². The van der Waals surface area contributed by atoms with Crippen LogP contribution in [0.3, 0.4) is 0 Å². The number of anilines is 2. The van der Waals surface area contributed by atoms with E-state index in [-0.39, 0.29) is 17.5 Å². The Morgan fingerprint density at radius 1 is 0.769 bits per heavy atom. The molecule has 3 aliphatic heterocycles. The molecule has 39 heavy (non-hydrogen) atoms. The predicted octanol–water partition coefficient (Wildman–Crippen LogP) is 6.31. The number of hydrogen-bond acceptors (Lipinski definition) is 4. The molecule has 6 heteroatoms. The number of ketones is 2. The maximum absolute atomic E-state index is 14.6. The first-order valence-electron chi connectivity index (χ1n) is 12.9. The van der Waals surface area contributed by atoms with E-state index in [1.54, 1.807) is 24.3 Å². The van der Waals surface area contributed by atoms with Crippen molar-refractivity contribution in [3.05, 3.63) is 136 Å². The minimum absolute atomic E-state index is 0.194. The van der Waals surface area contributed by atoms with E-state index >= 15 is 0 Å². The highest BCUT2D eigenvalue weighted by Gasteiger charge is 2.70. The molecule has 1 fully saturated rings. The predicted molar refractivity (Wildman–Crippen MR) is 155 cm³/mol. The lowest BCUT2D eigenvalue weighted by molar-refractivity contribution is -0.121. The molecular weight excluding hydrogens is 552 g/mol. The van der Waals surface area contributed by atoms with Crippen molar-refractivity contribution in [1.29, 1.82) is 0 Å². The van der Waals surface area contributed by atoms with Gasteiger partial charge >= 0.3 is 0 Å². The molecule has 0 bridgehead atoms. The second kappa shape index (κ2) is 8.89. The Morgan fingerprint density at radius 3 is 2.23 bits per heavy atom. The van der Waals surface area contributed by atoms with Gasteiger partial charge in [-0.25, -0.2) is 0 Å². The van der Waals surface area contributed by atoms with Crippen molar-refractivity contribution in [2.45, 2.75) is 17.5 Å². The molecule has 3 heterocycles. The van der Waals surface area contributed by atoms with Crippen molar-refractivity contribution in [2.24, 2.45) is 5.92 Å². The van der Waals surface area contributed by atoms with Crippen LogP contribution in [0.5, 0.6) is 0 Å². The topological polar surface area (TPSA) is 66.5 Å². The Morgan fingerprint density at radius 2 is 1.44 bits per heavy atom. The van der Waals surface area contributed by atoms with Gasteiger partial charge in [0.15, 0.2) is 11.6 Å². The third kappa shape index (κ3) is 3.34. The number of carbonyl (C=O) groups is 3. The van der Waals surface area contributed by atoms with E-state index in [1.165, 1.54) is 0 Å². The highest BCUT2D eigenvalue weighted by atomic mass is 79.9.